The summed E-state index contributed by atoms with van der Waals surface area (Å²) >= 11 is 3.19. The van der Waals surface area contributed by atoms with E-state index in [0.717, 1.165) is 4.48 Å². The van der Waals surface area contributed by atoms with E-state index in [4.69, 9.17) is 5.11 Å². The van der Waals surface area contributed by atoms with Crippen molar-refractivity contribution in [1.82, 2.24) is 0 Å². The molecule has 0 rings (SSSR count). The lowest BCUT2D eigenvalue weighted by atomic mass is 10.4. The fourth-order valence-corrected chi connectivity index (χ4v) is 0.400. The summed E-state index contributed by atoms with van der Waals surface area (Å²) in [7, 11) is 0. The second-order valence-corrected chi connectivity index (χ2v) is 2.48. The number of halogens is 1. The highest BCUT2D eigenvalue weighted by molar-refractivity contribution is 9.11. The van der Waals surface area contributed by atoms with Crippen LogP contribution < -0.4 is 0 Å². The molecule has 0 heterocycles. The Labute approximate surface area is 77.3 Å². The molecular formula is C9H15BrO. The maximum atomic E-state index is 8.66. The fourth-order valence-electron chi connectivity index (χ4n) is 0.268. The van der Waals surface area contributed by atoms with Gasteiger partial charge in [0.15, 0.2) is 0 Å². The Morgan fingerprint density at radius 1 is 1.36 bits per heavy atom. The topological polar surface area (TPSA) is 20.2 Å². The van der Waals surface area contributed by atoms with Crippen LogP contribution in [0.3, 0.4) is 0 Å². The van der Waals surface area contributed by atoms with Crippen molar-refractivity contribution in [3.05, 3.63) is 35.0 Å². The summed E-state index contributed by atoms with van der Waals surface area (Å²) in [5.74, 6) is 0.286. The molecule has 2 heteroatoms. The molecule has 0 radical (unpaired) electrons. The van der Waals surface area contributed by atoms with Crippen molar-refractivity contribution in [2.45, 2.75) is 20.8 Å². The lowest BCUT2D eigenvalue weighted by Gasteiger charge is -1.84. The molecule has 0 aromatic carbocycles. The van der Waals surface area contributed by atoms with Gasteiger partial charge in [-0.15, -0.1) is 0 Å². The van der Waals surface area contributed by atoms with Crippen LogP contribution in [0.2, 0.25) is 0 Å². The predicted molar refractivity (Wildman–Crippen MR) is 54.9 cm³/mol. The van der Waals surface area contributed by atoms with E-state index in [1.165, 1.54) is 0 Å². The van der Waals surface area contributed by atoms with Gasteiger partial charge < -0.3 is 5.11 Å². The molecule has 0 aromatic rings. The number of aliphatic hydroxyl groups is 1. The summed E-state index contributed by atoms with van der Waals surface area (Å²) in [4.78, 5) is 0. The number of aliphatic hydroxyl groups excluding tert-OH is 1. The average Bonchev–Trinajstić information content (AvgIpc) is 2.04. The van der Waals surface area contributed by atoms with Crippen LogP contribution in [0.4, 0.5) is 0 Å². The summed E-state index contributed by atoms with van der Waals surface area (Å²) in [6.45, 7) is 9.12. The molecular weight excluding hydrogens is 204 g/mol. The van der Waals surface area contributed by atoms with E-state index in [2.05, 4.69) is 22.5 Å². The Hall–Kier alpha value is -0.500. The molecule has 11 heavy (non-hydrogen) atoms. The third-order valence-corrected chi connectivity index (χ3v) is 1.27. The zero-order chi connectivity index (χ0) is 9.28. The Kier molecular flexibility index (Phi) is 11.3. The largest absolute Gasteiger partial charge is 0.513 e. The summed E-state index contributed by atoms with van der Waals surface area (Å²) in [6.07, 6.45) is 4.97. The van der Waals surface area contributed by atoms with Gasteiger partial charge >= 0.3 is 0 Å². The monoisotopic (exact) mass is 218 g/mol. The Bertz CT molecular complexity index is 153. The molecule has 0 fully saturated rings. The normalized spacial score (nSPS) is 11.6. The quantitative estimate of drug-likeness (QED) is 0.550. The van der Waals surface area contributed by atoms with Gasteiger partial charge in [-0.25, -0.2) is 0 Å². The highest BCUT2D eigenvalue weighted by atomic mass is 79.9. The molecule has 0 unspecified atom stereocenters. The first-order valence-electron chi connectivity index (χ1n) is 3.52. The van der Waals surface area contributed by atoms with Gasteiger partial charge in [0.2, 0.25) is 0 Å². The summed E-state index contributed by atoms with van der Waals surface area (Å²) in [5.41, 5.74) is 0. The van der Waals surface area contributed by atoms with Gasteiger partial charge in [0.1, 0.15) is 0 Å². The number of hydrogen-bond acceptors (Lipinski definition) is 1. The van der Waals surface area contributed by atoms with E-state index in [1.54, 1.807) is 25.2 Å². The first kappa shape index (κ1) is 13.1. The van der Waals surface area contributed by atoms with Crippen LogP contribution in [0.15, 0.2) is 35.0 Å². The standard InChI is InChI=1S/C7H9BrO.C2H6/c1-3-7(8)5-4-6(2)9;1-2/h3-5,9H,1H2,2H3;1-2H3/b6-4+,7-5+;. The van der Waals surface area contributed by atoms with E-state index < -0.39 is 0 Å². The maximum Gasteiger partial charge on any atom is 0.0892 e. The minimum atomic E-state index is 0.286. The smallest absolute Gasteiger partial charge is 0.0892 e. The molecule has 1 N–H and O–H groups in total. The minimum Gasteiger partial charge on any atom is -0.513 e. The number of hydrogen-bond donors (Lipinski definition) is 1. The molecule has 64 valence electrons. The van der Waals surface area contributed by atoms with E-state index >= 15 is 0 Å². The van der Waals surface area contributed by atoms with E-state index in [0.29, 0.717) is 0 Å². The van der Waals surface area contributed by atoms with E-state index in [-0.39, 0.29) is 5.76 Å². The first-order valence-corrected chi connectivity index (χ1v) is 4.31. The van der Waals surface area contributed by atoms with Crippen molar-refractivity contribution in [2.24, 2.45) is 0 Å². The van der Waals surface area contributed by atoms with Crippen molar-refractivity contribution >= 4 is 15.9 Å². The first-order chi connectivity index (χ1) is 5.16. The molecule has 0 saturated carbocycles. The van der Waals surface area contributed by atoms with E-state index in [9.17, 15) is 0 Å². The van der Waals surface area contributed by atoms with Crippen LogP contribution in [0, 0.1) is 0 Å². The van der Waals surface area contributed by atoms with Crippen molar-refractivity contribution in [2.75, 3.05) is 0 Å². The van der Waals surface area contributed by atoms with Crippen molar-refractivity contribution in [3.63, 3.8) is 0 Å². The fraction of sp³-hybridized carbons (Fsp3) is 0.333. The third kappa shape index (κ3) is 12.6. The van der Waals surface area contributed by atoms with Crippen LogP contribution in [-0.2, 0) is 0 Å². The SMILES string of the molecule is C=C/C(Br)=C\C=C(/C)O.CC. The zero-order valence-electron chi connectivity index (χ0n) is 7.26. The van der Waals surface area contributed by atoms with Gasteiger partial charge in [-0.1, -0.05) is 42.4 Å². The summed E-state index contributed by atoms with van der Waals surface area (Å²) in [5, 5.41) is 8.66. The Morgan fingerprint density at radius 3 is 2.09 bits per heavy atom. The van der Waals surface area contributed by atoms with Gasteiger partial charge in [-0.05, 0) is 19.1 Å². The van der Waals surface area contributed by atoms with Crippen molar-refractivity contribution in [3.8, 4) is 0 Å². The molecule has 0 aromatic heterocycles. The minimum absolute atomic E-state index is 0.286. The highest BCUT2D eigenvalue weighted by Gasteiger charge is 1.78. The van der Waals surface area contributed by atoms with Crippen LogP contribution in [0.5, 0.6) is 0 Å². The maximum absolute atomic E-state index is 8.66. The van der Waals surface area contributed by atoms with E-state index in [1.807, 2.05) is 13.8 Å². The van der Waals surface area contributed by atoms with Crippen molar-refractivity contribution < 1.29 is 5.11 Å². The lowest BCUT2D eigenvalue weighted by Crippen LogP contribution is -1.66. The molecule has 0 bridgehead atoms. The number of allylic oxidation sites excluding steroid dienone is 5. The number of rotatable bonds is 2. The van der Waals surface area contributed by atoms with Crippen LogP contribution in [0.1, 0.15) is 20.8 Å². The van der Waals surface area contributed by atoms with Gasteiger partial charge in [-0.2, -0.15) is 0 Å². The molecule has 0 saturated heterocycles. The summed E-state index contributed by atoms with van der Waals surface area (Å²) < 4.78 is 0.857. The Balaban J connectivity index is 0. The third-order valence-electron chi connectivity index (χ3n) is 0.679. The highest BCUT2D eigenvalue weighted by Crippen LogP contribution is 2.05. The summed E-state index contributed by atoms with van der Waals surface area (Å²) in [6, 6.07) is 0. The average molecular weight is 219 g/mol. The molecule has 0 amide bonds. The van der Waals surface area contributed by atoms with Crippen LogP contribution >= 0.6 is 15.9 Å². The van der Waals surface area contributed by atoms with Gasteiger partial charge in [-0.3, -0.25) is 0 Å². The second-order valence-electron chi connectivity index (χ2n) is 1.56. The van der Waals surface area contributed by atoms with Gasteiger partial charge in [0.25, 0.3) is 0 Å². The predicted octanol–water partition coefficient (Wildman–Crippen LogP) is 3.94. The van der Waals surface area contributed by atoms with Gasteiger partial charge in [0.05, 0.1) is 5.76 Å². The van der Waals surface area contributed by atoms with Crippen LogP contribution in [-0.4, -0.2) is 5.11 Å². The molecule has 0 atom stereocenters. The van der Waals surface area contributed by atoms with Crippen LogP contribution in [0.25, 0.3) is 0 Å². The van der Waals surface area contributed by atoms with Crippen molar-refractivity contribution in [1.29, 1.82) is 0 Å². The second kappa shape index (κ2) is 9.50. The lowest BCUT2D eigenvalue weighted by molar-refractivity contribution is 0.414. The zero-order valence-corrected chi connectivity index (χ0v) is 8.85. The molecule has 1 nitrogen and oxygen atoms in total. The Morgan fingerprint density at radius 2 is 1.82 bits per heavy atom. The molecule has 0 aliphatic rings. The molecule has 0 aliphatic carbocycles. The molecule has 0 spiro atoms. The van der Waals surface area contributed by atoms with Gasteiger partial charge in [0, 0.05) is 4.48 Å². The molecule has 0 aliphatic heterocycles.